The van der Waals surface area contributed by atoms with Crippen LogP contribution in [0, 0.1) is 0 Å². The SMILES string of the molecule is CC(CNC1CCCN(C)C1)NC(=O)OC(C)(C)C. The number of likely N-dealkylation sites (N-methyl/N-ethyl adjacent to an activating group) is 1. The quantitative estimate of drug-likeness (QED) is 0.815. The lowest BCUT2D eigenvalue weighted by Crippen LogP contribution is -2.49. The van der Waals surface area contributed by atoms with Crippen LogP contribution in [0.3, 0.4) is 0 Å². The topological polar surface area (TPSA) is 53.6 Å². The number of amides is 1. The van der Waals surface area contributed by atoms with Gasteiger partial charge in [0, 0.05) is 25.2 Å². The molecule has 0 bridgehead atoms. The minimum atomic E-state index is -0.441. The fourth-order valence-corrected chi connectivity index (χ4v) is 2.24. The van der Waals surface area contributed by atoms with Crippen LogP contribution in [0.2, 0.25) is 0 Å². The van der Waals surface area contributed by atoms with Crippen molar-refractivity contribution in [2.24, 2.45) is 0 Å². The van der Waals surface area contributed by atoms with E-state index in [4.69, 9.17) is 4.74 Å². The second-order valence-electron chi connectivity index (χ2n) is 6.56. The Kier molecular flexibility index (Phi) is 6.07. The molecule has 2 atom stereocenters. The predicted molar refractivity (Wildman–Crippen MR) is 77.4 cm³/mol. The third kappa shape index (κ3) is 7.38. The molecule has 1 amide bonds. The van der Waals surface area contributed by atoms with Crippen molar-refractivity contribution < 1.29 is 9.53 Å². The maximum Gasteiger partial charge on any atom is 0.407 e. The molecule has 0 aromatic rings. The van der Waals surface area contributed by atoms with Crippen molar-refractivity contribution in [3.05, 3.63) is 0 Å². The molecular formula is C14H29N3O2. The third-order valence-electron chi connectivity index (χ3n) is 3.10. The highest BCUT2D eigenvalue weighted by atomic mass is 16.6. The molecule has 0 aliphatic carbocycles. The Balaban J connectivity index is 2.20. The number of nitrogens with one attached hydrogen (secondary N) is 2. The predicted octanol–water partition coefficient (Wildman–Crippen LogP) is 1.58. The summed E-state index contributed by atoms with van der Waals surface area (Å²) < 4.78 is 5.23. The molecule has 1 heterocycles. The number of alkyl carbamates (subject to hydrolysis) is 1. The summed E-state index contributed by atoms with van der Waals surface area (Å²) in [7, 11) is 2.15. The van der Waals surface area contributed by atoms with Gasteiger partial charge >= 0.3 is 6.09 Å². The lowest BCUT2D eigenvalue weighted by atomic mass is 10.1. The smallest absolute Gasteiger partial charge is 0.407 e. The first-order chi connectivity index (χ1) is 8.76. The number of nitrogens with zero attached hydrogens (tertiary/aromatic N) is 1. The van der Waals surface area contributed by atoms with Gasteiger partial charge in [-0.1, -0.05) is 0 Å². The van der Waals surface area contributed by atoms with E-state index in [1.807, 2.05) is 27.7 Å². The highest BCUT2D eigenvalue weighted by Crippen LogP contribution is 2.08. The Morgan fingerprint density at radius 3 is 2.74 bits per heavy atom. The van der Waals surface area contributed by atoms with Gasteiger partial charge in [-0.15, -0.1) is 0 Å². The van der Waals surface area contributed by atoms with Crippen LogP contribution in [0.5, 0.6) is 0 Å². The third-order valence-corrected chi connectivity index (χ3v) is 3.10. The van der Waals surface area contributed by atoms with E-state index in [1.54, 1.807) is 0 Å². The van der Waals surface area contributed by atoms with Crippen molar-refractivity contribution in [2.75, 3.05) is 26.7 Å². The maximum absolute atomic E-state index is 11.6. The minimum absolute atomic E-state index is 0.0714. The van der Waals surface area contributed by atoms with Crippen LogP contribution in [-0.2, 0) is 4.74 Å². The number of carbonyl (C=O) groups excluding carboxylic acids is 1. The molecule has 1 fully saturated rings. The molecule has 19 heavy (non-hydrogen) atoms. The molecule has 5 nitrogen and oxygen atoms in total. The van der Waals surface area contributed by atoms with Crippen LogP contribution < -0.4 is 10.6 Å². The average Bonchev–Trinajstić information content (AvgIpc) is 2.23. The van der Waals surface area contributed by atoms with E-state index < -0.39 is 5.60 Å². The zero-order valence-electron chi connectivity index (χ0n) is 13.0. The molecule has 0 aromatic heterocycles. The van der Waals surface area contributed by atoms with Gasteiger partial charge in [0.25, 0.3) is 0 Å². The van der Waals surface area contributed by atoms with Gasteiger partial charge in [-0.3, -0.25) is 0 Å². The number of hydrogen-bond donors (Lipinski definition) is 2. The van der Waals surface area contributed by atoms with Crippen molar-refractivity contribution in [3.63, 3.8) is 0 Å². The maximum atomic E-state index is 11.6. The molecule has 1 aliphatic rings. The molecule has 0 spiro atoms. The van der Waals surface area contributed by atoms with Crippen molar-refractivity contribution >= 4 is 6.09 Å². The summed E-state index contributed by atoms with van der Waals surface area (Å²) in [5, 5.41) is 6.36. The summed E-state index contributed by atoms with van der Waals surface area (Å²) in [5.74, 6) is 0. The monoisotopic (exact) mass is 271 g/mol. The molecule has 0 aromatic carbocycles. The normalized spacial score (nSPS) is 22.9. The fraction of sp³-hybridized carbons (Fsp3) is 0.929. The summed E-state index contributed by atoms with van der Waals surface area (Å²) in [6.07, 6.45) is 2.11. The van der Waals surface area contributed by atoms with Crippen molar-refractivity contribution in [1.82, 2.24) is 15.5 Å². The fourth-order valence-electron chi connectivity index (χ4n) is 2.24. The molecule has 2 N–H and O–H groups in total. The van der Waals surface area contributed by atoms with Gasteiger partial charge < -0.3 is 20.3 Å². The molecule has 0 radical (unpaired) electrons. The van der Waals surface area contributed by atoms with Gasteiger partial charge in [0.15, 0.2) is 0 Å². The summed E-state index contributed by atoms with van der Waals surface area (Å²) in [4.78, 5) is 13.9. The van der Waals surface area contributed by atoms with E-state index in [9.17, 15) is 4.79 Å². The van der Waals surface area contributed by atoms with Crippen molar-refractivity contribution in [1.29, 1.82) is 0 Å². The van der Waals surface area contributed by atoms with Crippen LogP contribution in [0.1, 0.15) is 40.5 Å². The minimum Gasteiger partial charge on any atom is -0.444 e. The van der Waals surface area contributed by atoms with Crippen LogP contribution in [-0.4, -0.2) is 55.4 Å². The van der Waals surface area contributed by atoms with E-state index in [0.29, 0.717) is 6.04 Å². The Morgan fingerprint density at radius 2 is 2.16 bits per heavy atom. The molecule has 112 valence electrons. The van der Waals surface area contributed by atoms with Crippen LogP contribution in [0.4, 0.5) is 4.79 Å². The number of likely N-dealkylation sites (tertiary alicyclic amines) is 1. The standard InChI is InChI=1S/C14H29N3O2/c1-11(16-13(18)19-14(2,3)4)9-15-12-7-6-8-17(5)10-12/h11-12,15H,6-10H2,1-5H3,(H,16,18). The largest absolute Gasteiger partial charge is 0.444 e. The lowest BCUT2D eigenvalue weighted by Gasteiger charge is -2.31. The van der Waals surface area contributed by atoms with Crippen molar-refractivity contribution in [2.45, 2.75) is 58.2 Å². The first-order valence-electron chi connectivity index (χ1n) is 7.18. The van der Waals surface area contributed by atoms with Crippen LogP contribution >= 0.6 is 0 Å². The number of hydrogen-bond acceptors (Lipinski definition) is 4. The zero-order valence-corrected chi connectivity index (χ0v) is 13.0. The van der Waals surface area contributed by atoms with Gasteiger partial charge in [-0.25, -0.2) is 4.79 Å². The Bertz CT molecular complexity index is 289. The number of ether oxygens (including phenoxy) is 1. The van der Waals surface area contributed by atoms with Gasteiger partial charge in [-0.2, -0.15) is 0 Å². The van der Waals surface area contributed by atoms with Gasteiger partial charge in [0.1, 0.15) is 5.60 Å². The summed E-state index contributed by atoms with van der Waals surface area (Å²) in [6.45, 7) is 10.6. The second kappa shape index (κ2) is 7.10. The molecule has 1 saturated heterocycles. The average molecular weight is 271 g/mol. The molecule has 2 unspecified atom stereocenters. The summed E-state index contributed by atoms with van der Waals surface area (Å²) in [6, 6.07) is 0.601. The van der Waals surface area contributed by atoms with E-state index in [2.05, 4.69) is 22.6 Å². The van der Waals surface area contributed by atoms with E-state index >= 15 is 0 Å². The number of carbonyl (C=O) groups is 1. The molecule has 5 heteroatoms. The Labute approximate surface area is 117 Å². The lowest BCUT2D eigenvalue weighted by molar-refractivity contribution is 0.0507. The Hall–Kier alpha value is -0.810. The van der Waals surface area contributed by atoms with E-state index in [0.717, 1.165) is 13.1 Å². The molecule has 1 aliphatic heterocycles. The highest BCUT2D eigenvalue weighted by Gasteiger charge is 2.19. The summed E-state index contributed by atoms with van der Waals surface area (Å²) >= 11 is 0. The first-order valence-corrected chi connectivity index (χ1v) is 7.18. The first kappa shape index (κ1) is 16.2. The van der Waals surface area contributed by atoms with E-state index in [-0.39, 0.29) is 12.1 Å². The zero-order chi connectivity index (χ0) is 14.5. The number of piperidine rings is 1. The van der Waals surface area contributed by atoms with Crippen LogP contribution in [0.25, 0.3) is 0 Å². The number of rotatable bonds is 4. The summed E-state index contributed by atoms with van der Waals surface area (Å²) in [5.41, 5.74) is -0.441. The van der Waals surface area contributed by atoms with E-state index in [1.165, 1.54) is 19.4 Å². The van der Waals surface area contributed by atoms with Gasteiger partial charge in [-0.05, 0) is 54.1 Å². The van der Waals surface area contributed by atoms with Gasteiger partial charge in [0.2, 0.25) is 0 Å². The molecular weight excluding hydrogens is 242 g/mol. The van der Waals surface area contributed by atoms with Crippen molar-refractivity contribution in [3.8, 4) is 0 Å². The van der Waals surface area contributed by atoms with Crippen LogP contribution in [0.15, 0.2) is 0 Å². The molecule has 1 rings (SSSR count). The molecule has 0 saturated carbocycles. The second-order valence-corrected chi connectivity index (χ2v) is 6.56. The highest BCUT2D eigenvalue weighted by molar-refractivity contribution is 5.68. The van der Waals surface area contributed by atoms with Gasteiger partial charge in [0.05, 0.1) is 0 Å². The Morgan fingerprint density at radius 1 is 1.47 bits per heavy atom.